The van der Waals surface area contributed by atoms with Gasteiger partial charge in [-0.15, -0.1) is 0 Å². The van der Waals surface area contributed by atoms with Crippen LogP contribution in [0, 0.1) is 17.3 Å². The average molecular weight is 241 g/mol. The highest BCUT2D eigenvalue weighted by atomic mass is 16.5. The molecule has 1 saturated carbocycles. The van der Waals surface area contributed by atoms with E-state index < -0.39 is 0 Å². The smallest absolute Gasteiger partial charge is 0.0465 e. The van der Waals surface area contributed by atoms with Gasteiger partial charge in [0.15, 0.2) is 0 Å². The van der Waals surface area contributed by atoms with Gasteiger partial charge in [-0.05, 0) is 43.1 Å². The first-order chi connectivity index (χ1) is 8.03. The summed E-state index contributed by atoms with van der Waals surface area (Å²) in [4.78, 5) is 0. The third-order valence-corrected chi connectivity index (χ3v) is 4.60. The Morgan fingerprint density at radius 2 is 2.12 bits per heavy atom. The quantitative estimate of drug-likeness (QED) is 0.737. The fourth-order valence-electron chi connectivity index (χ4n) is 3.48. The minimum Gasteiger partial charge on any atom is -0.385 e. The lowest BCUT2D eigenvalue weighted by Gasteiger charge is -2.38. The second kappa shape index (κ2) is 6.75. The van der Waals surface area contributed by atoms with Crippen LogP contribution in [0.5, 0.6) is 0 Å². The Bertz CT molecular complexity index is 215. The van der Waals surface area contributed by atoms with E-state index in [9.17, 15) is 0 Å². The standard InChI is InChI=1S/C15H31NO/c1-6-16-14(12(2)9-11-17-5)13-8-7-10-15(13,3)4/h12-14,16H,6-11H2,1-5H3. The van der Waals surface area contributed by atoms with Crippen molar-refractivity contribution in [2.45, 2.75) is 59.4 Å². The van der Waals surface area contributed by atoms with Crippen molar-refractivity contribution in [1.29, 1.82) is 0 Å². The van der Waals surface area contributed by atoms with E-state index in [0.717, 1.165) is 19.1 Å². The second-order valence-electron chi connectivity index (χ2n) is 6.33. The van der Waals surface area contributed by atoms with E-state index in [1.165, 1.54) is 25.7 Å². The topological polar surface area (TPSA) is 21.3 Å². The van der Waals surface area contributed by atoms with Crippen LogP contribution in [-0.4, -0.2) is 26.3 Å². The number of ether oxygens (including phenoxy) is 1. The lowest BCUT2D eigenvalue weighted by Crippen LogP contribution is -2.45. The molecule has 3 unspecified atom stereocenters. The largest absolute Gasteiger partial charge is 0.385 e. The zero-order valence-corrected chi connectivity index (χ0v) is 12.4. The minimum atomic E-state index is 0.508. The van der Waals surface area contributed by atoms with Crippen molar-refractivity contribution < 1.29 is 4.74 Å². The molecule has 102 valence electrons. The summed E-state index contributed by atoms with van der Waals surface area (Å²) < 4.78 is 5.23. The number of hydrogen-bond acceptors (Lipinski definition) is 2. The molecule has 0 spiro atoms. The zero-order chi connectivity index (χ0) is 12.9. The third kappa shape index (κ3) is 3.96. The van der Waals surface area contributed by atoms with Gasteiger partial charge in [0.25, 0.3) is 0 Å². The molecule has 1 N–H and O–H groups in total. The molecule has 1 aliphatic carbocycles. The summed E-state index contributed by atoms with van der Waals surface area (Å²) >= 11 is 0. The molecule has 1 aliphatic rings. The maximum Gasteiger partial charge on any atom is 0.0465 e. The van der Waals surface area contributed by atoms with Crippen molar-refractivity contribution >= 4 is 0 Å². The molecule has 1 rings (SSSR count). The lowest BCUT2D eigenvalue weighted by atomic mass is 9.73. The molecule has 17 heavy (non-hydrogen) atoms. The summed E-state index contributed by atoms with van der Waals surface area (Å²) in [7, 11) is 1.80. The fraction of sp³-hybridized carbons (Fsp3) is 1.00. The first-order valence-corrected chi connectivity index (χ1v) is 7.25. The van der Waals surface area contributed by atoms with Crippen LogP contribution in [0.2, 0.25) is 0 Å². The lowest BCUT2D eigenvalue weighted by molar-refractivity contribution is 0.126. The molecule has 0 bridgehead atoms. The summed E-state index contributed by atoms with van der Waals surface area (Å²) in [6, 6.07) is 0.660. The first kappa shape index (κ1) is 15.0. The summed E-state index contributed by atoms with van der Waals surface area (Å²) in [6.07, 6.45) is 5.34. The zero-order valence-electron chi connectivity index (χ0n) is 12.4. The van der Waals surface area contributed by atoms with Gasteiger partial charge in [0.2, 0.25) is 0 Å². The Morgan fingerprint density at radius 1 is 1.41 bits per heavy atom. The normalized spacial score (nSPS) is 27.0. The first-order valence-electron chi connectivity index (χ1n) is 7.25. The molecule has 0 saturated heterocycles. The highest BCUT2D eigenvalue weighted by Crippen LogP contribution is 2.46. The Kier molecular flexibility index (Phi) is 5.94. The van der Waals surface area contributed by atoms with Crippen LogP contribution in [0.1, 0.15) is 53.4 Å². The Hall–Kier alpha value is -0.0800. The second-order valence-corrected chi connectivity index (χ2v) is 6.33. The van der Waals surface area contributed by atoms with Gasteiger partial charge in [0.05, 0.1) is 0 Å². The van der Waals surface area contributed by atoms with Crippen LogP contribution in [0.15, 0.2) is 0 Å². The van der Waals surface area contributed by atoms with E-state index in [2.05, 4.69) is 33.0 Å². The highest BCUT2D eigenvalue weighted by molar-refractivity contribution is 4.94. The van der Waals surface area contributed by atoms with Gasteiger partial charge >= 0.3 is 0 Å². The maximum absolute atomic E-state index is 5.23. The summed E-state index contributed by atoms with van der Waals surface area (Å²) in [6.45, 7) is 11.4. The Balaban J connectivity index is 2.63. The molecule has 0 aromatic rings. The van der Waals surface area contributed by atoms with Crippen LogP contribution in [0.4, 0.5) is 0 Å². The van der Waals surface area contributed by atoms with Crippen molar-refractivity contribution in [3.05, 3.63) is 0 Å². The van der Waals surface area contributed by atoms with Gasteiger partial charge in [0, 0.05) is 19.8 Å². The molecular formula is C15H31NO. The molecule has 2 heteroatoms. The van der Waals surface area contributed by atoms with E-state index in [-0.39, 0.29) is 0 Å². The highest BCUT2D eigenvalue weighted by Gasteiger charge is 2.40. The van der Waals surface area contributed by atoms with E-state index in [4.69, 9.17) is 4.74 Å². The van der Waals surface area contributed by atoms with Crippen molar-refractivity contribution in [1.82, 2.24) is 5.32 Å². The molecule has 0 heterocycles. The van der Waals surface area contributed by atoms with Gasteiger partial charge in [-0.1, -0.05) is 34.1 Å². The molecular weight excluding hydrogens is 210 g/mol. The molecule has 0 amide bonds. The monoisotopic (exact) mass is 241 g/mol. The molecule has 2 nitrogen and oxygen atoms in total. The molecule has 0 aliphatic heterocycles. The molecule has 1 fully saturated rings. The van der Waals surface area contributed by atoms with Crippen molar-refractivity contribution in [2.24, 2.45) is 17.3 Å². The Labute approximate surface area is 108 Å². The van der Waals surface area contributed by atoms with Gasteiger partial charge in [0.1, 0.15) is 0 Å². The van der Waals surface area contributed by atoms with E-state index in [1.54, 1.807) is 7.11 Å². The number of methoxy groups -OCH3 is 1. The molecule has 3 atom stereocenters. The van der Waals surface area contributed by atoms with Gasteiger partial charge in [-0.25, -0.2) is 0 Å². The van der Waals surface area contributed by atoms with Crippen LogP contribution < -0.4 is 5.32 Å². The van der Waals surface area contributed by atoms with Crippen LogP contribution in [0.25, 0.3) is 0 Å². The van der Waals surface area contributed by atoms with E-state index in [1.807, 2.05) is 0 Å². The Morgan fingerprint density at radius 3 is 2.59 bits per heavy atom. The van der Waals surface area contributed by atoms with Crippen LogP contribution >= 0.6 is 0 Å². The van der Waals surface area contributed by atoms with Crippen molar-refractivity contribution in [2.75, 3.05) is 20.3 Å². The number of rotatable bonds is 7. The molecule has 0 radical (unpaired) electrons. The SMILES string of the molecule is CCNC(C(C)CCOC)C1CCCC1(C)C. The van der Waals surface area contributed by atoms with Gasteiger partial charge in [-0.2, -0.15) is 0 Å². The fourth-order valence-corrected chi connectivity index (χ4v) is 3.48. The van der Waals surface area contributed by atoms with Gasteiger partial charge in [-0.3, -0.25) is 0 Å². The summed E-state index contributed by atoms with van der Waals surface area (Å²) in [5.74, 6) is 1.53. The van der Waals surface area contributed by atoms with E-state index in [0.29, 0.717) is 17.4 Å². The van der Waals surface area contributed by atoms with Gasteiger partial charge < -0.3 is 10.1 Å². The number of hydrogen-bond donors (Lipinski definition) is 1. The van der Waals surface area contributed by atoms with Crippen molar-refractivity contribution in [3.63, 3.8) is 0 Å². The van der Waals surface area contributed by atoms with Crippen LogP contribution in [0.3, 0.4) is 0 Å². The summed E-state index contributed by atoms with van der Waals surface area (Å²) in [5, 5.41) is 3.73. The van der Waals surface area contributed by atoms with Crippen LogP contribution in [-0.2, 0) is 4.74 Å². The predicted molar refractivity (Wildman–Crippen MR) is 74.2 cm³/mol. The van der Waals surface area contributed by atoms with Crippen molar-refractivity contribution in [3.8, 4) is 0 Å². The average Bonchev–Trinajstić information content (AvgIpc) is 2.62. The maximum atomic E-state index is 5.23. The molecule has 0 aromatic heterocycles. The predicted octanol–water partition coefficient (Wildman–Crippen LogP) is 3.46. The van der Waals surface area contributed by atoms with E-state index >= 15 is 0 Å². The molecule has 0 aromatic carbocycles. The number of nitrogens with one attached hydrogen (secondary N) is 1. The third-order valence-electron chi connectivity index (χ3n) is 4.60. The minimum absolute atomic E-state index is 0.508. The summed E-state index contributed by atoms with van der Waals surface area (Å²) in [5.41, 5.74) is 0.508.